The molecule has 68 valence electrons. The molecule has 3 unspecified atom stereocenters. The second-order valence-electron chi connectivity index (χ2n) is 3.55. The van der Waals surface area contributed by atoms with Crippen molar-refractivity contribution in [2.24, 2.45) is 5.92 Å². The molecular formula is C9H14O3. The number of epoxide rings is 1. The molecule has 1 saturated heterocycles. The highest BCUT2D eigenvalue weighted by Gasteiger charge is 2.48. The molecular weight excluding hydrogens is 156 g/mol. The van der Waals surface area contributed by atoms with Crippen LogP contribution >= 0.6 is 0 Å². The van der Waals surface area contributed by atoms with Gasteiger partial charge in [-0.1, -0.05) is 12.8 Å². The third-order valence-corrected chi connectivity index (χ3v) is 2.78. The van der Waals surface area contributed by atoms with E-state index in [2.05, 4.69) is 0 Å². The van der Waals surface area contributed by atoms with Gasteiger partial charge in [0.2, 0.25) is 0 Å². The lowest BCUT2D eigenvalue weighted by Gasteiger charge is -2.09. The summed E-state index contributed by atoms with van der Waals surface area (Å²) in [7, 11) is 1.45. The summed E-state index contributed by atoms with van der Waals surface area (Å²) >= 11 is 0. The molecule has 0 aromatic carbocycles. The van der Waals surface area contributed by atoms with Crippen LogP contribution in [0.25, 0.3) is 0 Å². The Morgan fingerprint density at radius 2 is 2.17 bits per heavy atom. The first kappa shape index (κ1) is 8.05. The summed E-state index contributed by atoms with van der Waals surface area (Å²) in [5, 5.41) is 0. The Balaban J connectivity index is 1.99. The molecule has 12 heavy (non-hydrogen) atoms. The lowest BCUT2D eigenvalue weighted by Crippen LogP contribution is -2.21. The maximum atomic E-state index is 11.3. The lowest BCUT2D eigenvalue weighted by molar-refractivity contribution is -0.146. The maximum absolute atomic E-state index is 11.3. The molecule has 3 heteroatoms. The maximum Gasteiger partial charge on any atom is 0.311 e. The van der Waals surface area contributed by atoms with Crippen LogP contribution in [0.5, 0.6) is 0 Å². The number of carbonyl (C=O) groups is 1. The minimum absolute atomic E-state index is 0.0162. The van der Waals surface area contributed by atoms with E-state index in [1.54, 1.807) is 0 Å². The van der Waals surface area contributed by atoms with E-state index in [4.69, 9.17) is 9.47 Å². The summed E-state index contributed by atoms with van der Waals surface area (Å²) in [6.45, 7) is 0. The molecule has 0 amide bonds. The molecule has 1 aliphatic carbocycles. The zero-order valence-electron chi connectivity index (χ0n) is 7.29. The Morgan fingerprint density at radius 3 is 2.92 bits per heavy atom. The SMILES string of the molecule is COC(=O)C1CCCCC2OC21. The second kappa shape index (κ2) is 3.05. The van der Waals surface area contributed by atoms with Gasteiger partial charge in [-0.05, 0) is 12.8 Å². The van der Waals surface area contributed by atoms with Gasteiger partial charge in [-0.15, -0.1) is 0 Å². The monoisotopic (exact) mass is 170 g/mol. The predicted octanol–water partition coefficient (Wildman–Crippen LogP) is 1.12. The average Bonchev–Trinajstić information content (AvgIpc) is 2.80. The van der Waals surface area contributed by atoms with E-state index in [1.807, 2.05) is 0 Å². The van der Waals surface area contributed by atoms with Crippen LogP contribution in [0.4, 0.5) is 0 Å². The Hall–Kier alpha value is -0.570. The van der Waals surface area contributed by atoms with Gasteiger partial charge in [-0.3, -0.25) is 4.79 Å². The van der Waals surface area contributed by atoms with Gasteiger partial charge in [0.05, 0.1) is 25.2 Å². The van der Waals surface area contributed by atoms with Gasteiger partial charge in [0.25, 0.3) is 0 Å². The predicted molar refractivity (Wildman–Crippen MR) is 42.6 cm³/mol. The average molecular weight is 170 g/mol. The Morgan fingerprint density at radius 1 is 1.42 bits per heavy atom. The molecule has 1 saturated carbocycles. The molecule has 2 rings (SSSR count). The lowest BCUT2D eigenvalue weighted by atomic mass is 10.0. The van der Waals surface area contributed by atoms with Crippen molar-refractivity contribution in [3.63, 3.8) is 0 Å². The molecule has 3 nitrogen and oxygen atoms in total. The Bertz CT molecular complexity index is 190. The molecule has 2 fully saturated rings. The van der Waals surface area contributed by atoms with Crippen LogP contribution in [0.3, 0.4) is 0 Å². The molecule has 2 aliphatic rings. The van der Waals surface area contributed by atoms with Crippen molar-refractivity contribution in [2.75, 3.05) is 7.11 Å². The first-order valence-electron chi connectivity index (χ1n) is 4.56. The van der Waals surface area contributed by atoms with Gasteiger partial charge in [0.1, 0.15) is 0 Å². The normalized spacial score (nSPS) is 39.6. The van der Waals surface area contributed by atoms with Crippen LogP contribution in [0.2, 0.25) is 0 Å². The molecule has 1 heterocycles. The fourth-order valence-electron chi connectivity index (χ4n) is 2.02. The minimum Gasteiger partial charge on any atom is -0.469 e. The quantitative estimate of drug-likeness (QED) is 0.437. The fraction of sp³-hybridized carbons (Fsp3) is 0.889. The molecule has 0 N–H and O–H groups in total. The first-order chi connectivity index (χ1) is 5.83. The van der Waals surface area contributed by atoms with Gasteiger partial charge in [0.15, 0.2) is 0 Å². The fourth-order valence-corrected chi connectivity index (χ4v) is 2.02. The number of rotatable bonds is 1. The number of fused-ring (bicyclic) bond motifs is 1. The number of carbonyl (C=O) groups excluding carboxylic acids is 1. The Kier molecular flexibility index (Phi) is 2.05. The summed E-state index contributed by atoms with van der Waals surface area (Å²) < 4.78 is 10.1. The largest absolute Gasteiger partial charge is 0.469 e. The summed E-state index contributed by atoms with van der Waals surface area (Å²) in [5.41, 5.74) is 0. The minimum atomic E-state index is -0.0931. The van der Waals surface area contributed by atoms with Gasteiger partial charge < -0.3 is 9.47 Å². The number of esters is 1. The summed E-state index contributed by atoms with van der Waals surface area (Å²) in [5.74, 6) is -0.0769. The third kappa shape index (κ3) is 1.33. The molecule has 1 aliphatic heterocycles. The van der Waals surface area contributed by atoms with E-state index >= 15 is 0 Å². The Labute approximate surface area is 72.0 Å². The van der Waals surface area contributed by atoms with Crippen LogP contribution in [-0.4, -0.2) is 25.3 Å². The molecule has 0 radical (unpaired) electrons. The molecule has 0 spiro atoms. The molecule has 3 atom stereocenters. The van der Waals surface area contributed by atoms with E-state index in [9.17, 15) is 4.79 Å². The van der Waals surface area contributed by atoms with Gasteiger partial charge >= 0.3 is 5.97 Å². The van der Waals surface area contributed by atoms with Crippen molar-refractivity contribution < 1.29 is 14.3 Å². The second-order valence-corrected chi connectivity index (χ2v) is 3.55. The topological polar surface area (TPSA) is 38.8 Å². The highest BCUT2D eigenvalue weighted by Crippen LogP contribution is 2.39. The summed E-state index contributed by atoms with van der Waals surface area (Å²) in [4.78, 5) is 11.3. The van der Waals surface area contributed by atoms with E-state index < -0.39 is 0 Å². The van der Waals surface area contributed by atoms with Crippen molar-refractivity contribution in [3.05, 3.63) is 0 Å². The number of methoxy groups -OCH3 is 1. The van der Waals surface area contributed by atoms with E-state index in [0.717, 1.165) is 19.3 Å². The first-order valence-corrected chi connectivity index (χ1v) is 4.56. The smallest absolute Gasteiger partial charge is 0.311 e. The number of hydrogen-bond acceptors (Lipinski definition) is 3. The van der Waals surface area contributed by atoms with E-state index in [0.29, 0.717) is 6.10 Å². The van der Waals surface area contributed by atoms with Gasteiger partial charge in [-0.25, -0.2) is 0 Å². The van der Waals surface area contributed by atoms with Crippen molar-refractivity contribution >= 4 is 5.97 Å². The standard InChI is InChI=1S/C9H14O3/c1-11-9(10)6-4-2-3-5-7-8(6)12-7/h6-8H,2-5H2,1H3. The van der Waals surface area contributed by atoms with Crippen LogP contribution in [0, 0.1) is 5.92 Å². The zero-order valence-corrected chi connectivity index (χ0v) is 7.29. The highest BCUT2D eigenvalue weighted by atomic mass is 16.6. The molecule has 0 aromatic heterocycles. The third-order valence-electron chi connectivity index (χ3n) is 2.78. The highest BCUT2D eigenvalue weighted by molar-refractivity contribution is 5.73. The van der Waals surface area contributed by atoms with Crippen molar-refractivity contribution in [1.82, 2.24) is 0 Å². The summed E-state index contributed by atoms with van der Waals surface area (Å²) in [6, 6.07) is 0. The van der Waals surface area contributed by atoms with Crippen molar-refractivity contribution in [2.45, 2.75) is 37.9 Å². The van der Waals surface area contributed by atoms with E-state index in [-0.39, 0.29) is 18.0 Å². The zero-order chi connectivity index (χ0) is 8.55. The van der Waals surface area contributed by atoms with Crippen molar-refractivity contribution in [3.8, 4) is 0 Å². The van der Waals surface area contributed by atoms with Gasteiger partial charge in [-0.2, -0.15) is 0 Å². The van der Waals surface area contributed by atoms with Crippen LogP contribution < -0.4 is 0 Å². The van der Waals surface area contributed by atoms with Crippen LogP contribution in [0.1, 0.15) is 25.7 Å². The van der Waals surface area contributed by atoms with Gasteiger partial charge in [0, 0.05) is 0 Å². The van der Waals surface area contributed by atoms with Crippen LogP contribution in [-0.2, 0) is 14.3 Å². The number of hydrogen-bond donors (Lipinski definition) is 0. The van der Waals surface area contributed by atoms with Crippen LogP contribution in [0.15, 0.2) is 0 Å². The van der Waals surface area contributed by atoms with Crippen molar-refractivity contribution in [1.29, 1.82) is 0 Å². The van der Waals surface area contributed by atoms with E-state index in [1.165, 1.54) is 13.5 Å². The molecule has 0 aromatic rings. The molecule has 0 bridgehead atoms. The number of ether oxygens (including phenoxy) is 2. The summed E-state index contributed by atoms with van der Waals surface area (Å²) in [6.07, 6.45) is 4.92.